The largest absolute Gasteiger partial charge is 0.504 e. The number of aldehydes is 1. The van der Waals surface area contributed by atoms with Crippen LogP contribution in [0.4, 0.5) is 21.0 Å². The Morgan fingerprint density at radius 2 is 1.20 bits per heavy atom. The van der Waals surface area contributed by atoms with Crippen molar-refractivity contribution in [1.82, 2.24) is 0 Å². The molecule has 2 N–H and O–H groups in total. The highest BCUT2D eigenvalue weighted by Crippen LogP contribution is 2.41. The Bertz CT molecular complexity index is 1280. The summed E-state index contributed by atoms with van der Waals surface area (Å²) in [7, 11) is 1.56. The van der Waals surface area contributed by atoms with Crippen LogP contribution in [0, 0.1) is 0 Å². The summed E-state index contributed by atoms with van der Waals surface area (Å²) in [6, 6.07) is 6.62. The summed E-state index contributed by atoms with van der Waals surface area (Å²) >= 11 is 0. The van der Waals surface area contributed by atoms with E-state index in [1.165, 1.54) is 12.3 Å². The summed E-state index contributed by atoms with van der Waals surface area (Å²) in [4.78, 5) is 34.4. The number of anilines is 2. The zero-order valence-electron chi connectivity index (χ0n) is 23.5. The first-order chi connectivity index (χ1) is 18.8. The van der Waals surface area contributed by atoms with Gasteiger partial charge in [0.15, 0.2) is 23.0 Å². The minimum absolute atomic E-state index is 0.0562. The Morgan fingerprint density at radius 1 is 0.750 bits per heavy atom. The topological polar surface area (TPSA) is 140 Å². The van der Waals surface area contributed by atoms with Crippen LogP contribution in [0.25, 0.3) is 6.08 Å². The van der Waals surface area contributed by atoms with Gasteiger partial charge in [0.25, 0.3) is 0 Å². The smallest absolute Gasteiger partial charge is 0.412 e. The second-order valence-corrected chi connectivity index (χ2v) is 10.5. The number of benzene rings is 2. The third-order valence-electron chi connectivity index (χ3n) is 4.79. The van der Waals surface area contributed by atoms with Crippen LogP contribution in [-0.4, -0.2) is 50.4 Å². The van der Waals surface area contributed by atoms with Crippen LogP contribution >= 0.6 is 0 Å². The molecule has 0 saturated carbocycles. The molecule has 0 radical (unpaired) electrons. The number of fused-ring (bicyclic) bond motifs is 2. The lowest BCUT2D eigenvalue weighted by molar-refractivity contribution is 0.0624. The lowest BCUT2D eigenvalue weighted by Crippen LogP contribution is -2.27. The molecule has 4 rings (SSSR count). The molecule has 2 heterocycles. The van der Waals surface area contributed by atoms with Crippen LogP contribution in [0.5, 0.6) is 23.0 Å². The normalized spacial score (nSPS) is 13.2. The lowest BCUT2D eigenvalue weighted by atomic mass is 10.1. The highest BCUT2D eigenvalue weighted by molar-refractivity contribution is 5.91. The van der Waals surface area contributed by atoms with Crippen LogP contribution in [0.1, 0.15) is 57.5 Å². The van der Waals surface area contributed by atoms with Crippen LogP contribution in [0.15, 0.2) is 30.5 Å². The molecule has 0 spiro atoms. The molecule has 0 saturated heterocycles. The van der Waals surface area contributed by atoms with Gasteiger partial charge >= 0.3 is 12.2 Å². The Labute approximate surface area is 232 Å². The van der Waals surface area contributed by atoms with Gasteiger partial charge in [0.2, 0.25) is 13.6 Å². The number of amides is 2. The van der Waals surface area contributed by atoms with Gasteiger partial charge in [0.1, 0.15) is 17.5 Å². The second kappa shape index (κ2) is 12.5. The van der Waals surface area contributed by atoms with Crippen LogP contribution in [0.2, 0.25) is 0 Å². The first-order valence-corrected chi connectivity index (χ1v) is 12.3. The molecule has 2 aromatic rings. The van der Waals surface area contributed by atoms with Gasteiger partial charge in [-0.2, -0.15) is 0 Å². The van der Waals surface area contributed by atoms with E-state index in [-0.39, 0.29) is 13.6 Å². The monoisotopic (exact) mass is 558 g/mol. The highest BCUT2D eigenvalue weighted by Gasteiger charge is 2.24. The van der Waals surface area contributed by atoms with Crippen molar-refractivity contribution >= 4 is 35.9 Å². The van der Waals surface area contributed by atoms with Gasteiger partial charge in [-0.1, -0.05) is 0 Å². The number of methoxy groups -OCH3 is 1. The maximum Gasteiger partial charge on any atom is 0.412 e. The van der Waals surface area contributed by atoms with E-state index in [4.69, 9.17) is 33.2 Å². The summed E-state index contributed by atoms with van der Waals surface area (Å²) in [5.41, 5.74) is 0.870. The molecule has 12 nitrogen and oxygen atoms in total. The quantitative estimate of drug-likeness (QED) is 0.334. The molecule has 0 fully saturated rings. The van der Waals surface area contributed by atoms with E-state index < -0.39 is 23.4 Å². The molecule has 40 heavy (non-hydrogen) atoms. The first-order valence-electron chi connectivity index (χ1n) is 12.3. The lowest BCUT2D eigenvalue weighted by Gasteiger charge is -2.20. The molecule has 2 aromatic carbocycles. The summed E-state index contributed by atoms with van der Waals surface area (Å²) in [5, 5.41) is 5.22. The van der Waals surface area contributed by atoms with Crippen molar-refractivity contribution in [2.75, 3.05) is 31.3 Å². The van der Waals surface area contributed by atoms with E-state index in [2.05, 4.69) is 10.6 Å². The summed E-state index contributed by atoms with van der Waals surface area (Å²) in [6.45, 7) is 10.9. The van der Waals surface area contributed by atoms with Gasteiger partial charge in [-0.15, -0.1) is 0 Å². The van der Waals surface area contributed by atoms with Crippen molar-refractivity contribution in [2.24, 2.45) is 0 Å². The molecule has 0 unspecified atom stereocenters. The second-order valence-electron chi connectivity index (χ2n) is 10.5. The average molecular weight is 559 g/mol. The molecule has 12 heteroatoms. The maximum atomic E-state index is 11.9. The van der Waals surface area contributed by atoms with Crippen molar-refractivity contribution < 1.29 is 47.5 Å². The third kappa shape index (κ3) is 8.72. The Kier molecular flexibility index (Phi) is 9.35. The minimum atomic E-state index is -0.617. The number of nitrogens with one attached hydrogen (secondary N) is 2. The van der Waals surface area contributed by atoms with Crippen LogP contribution in [-0.2, 0) is 14.2 Å². The van der Waals surface area contributed by atoms with Crippen molar-refractivity contribution in [1.29, 1.82) is 0 Å². The van der Waals surface area contributed by atoms with Gasteiger partial charge in [0, 0.05) is 5.56 Å². The Hall–Kier alpha value is -4.61. The number of hydrogen-bond donors (Lipinski definition) is 2. The fourth-order valence-electron chi connectivity index (χ4n) is 3.39. The van der Waals surface area contributed by atoms with E-state index in [9.17, 15) is 14.4 Å². The van der Waals surface area contributed by atoms with Gasteiger partial charge in [-0.25, -0.2) is 9.59 Å². The fraction of sp³-hybridized carbons (Fsp3) is 0.393. The average Bonchev–Trinajstić information content (AvgIpc) is 3.50. The number of carbonyl (C=O) groups excluding carboxylic acids is 3. The van der Waals surface area contributed by atoms with Crippen molar-refractivity contribution in [3.63, 3.8) is 0 Å². The number of hydrogen-bond acceptors (Lipinski definition) is 10. The van der Waals surface area contributed by atoms with Crippen molar-refractivity contribution in [2.45, 2.75) is 52.7 Å². The van der Waals surface area contributed by atoms with Gasteiger partial charge in [-0.3, -0.25) is 15.4 Å². The fourth-order valence-corrected chi connectivity index (χ4v) is 3.39. The summed E-state index contributed by atoms with van der Waals surface area (Å²) in [5.74, 6) is 1.89. The molecular formula is C28H34N2O10. The van der Waals surface area contributed by atoms with Crippen molar-refractivity contribution in [3.05, 3.63) is 41.7 Å². The SMILES string of the molecule is CC(C)(C)OC(=O)Nc1cc(C=O)cc2c1OCO2.COC=Cc1cc(NC(=O)OC(C)(C)C)c2c(c1)OCO2. The molecule has 0 aliphatic carbocycles. The molecule has 216 valence electrons. The van der Waals surface area contributed by atoms with Crippen molar-refractivity contribution in [3.8, 4) is 23.0 Å². The standard InChI is InChI=1S/C15H19NO5.C13H15NO5/c1-15(2,3)21-14(17)16-11-7-10(5-6-18-4)8-12-13(11)20-9-19-12;1-13(2,3)19-12(16)14-9-4-8(6-15)5-10-11(9)18-7-17-10/h5-8H,9H2,1-4H3,(H,16,17);4-6H,7H2,1-3H3,(H,14,16). The molecule has 2 aliphatic heterocycles. The third-order valence-corrected chi connectivity index (χ3v) is 4.79. The Balaban J connectivity index is 0.000000222. The molecule has 2 aliphatic rings. The molecule has 2 amide bonds. The molecule has 0 bridgehead atoms. The zero-order chi connectivity index (χ0) is 29.5. The number of ether oxygens (including phenoxy) is 7. The van der Waals surface area contributed by atoms with E-state index in [0.29, 0.717) is 46.2 Å². The van der Waals surface area contributed by atoms with E-state index in [1.54, 1.807) is 72.9 Å². The van der Waals surface area contributed by atoms with Crippen LogP contribution in [0.3, 0.4) is 0 Å². The molecular weight excluding hydrogens is 524 g/mol. The van der Waals surface area contributed by atoms with E-state index >= 15 is 0 Å². The predicted molar refractivity (Wildman–Crippen MR) is 146 cm³/mol. The molecule has 0 atom stereocenters. The first kappa shape index (κ1) is 29.9. The summed E-state index contributed by atoms with van der Waals surface area (Å²) in [6.07, 6.45) is 2.79. The van der Waals surface area contributed by atoms with Gasteiger partial charge in [0.05, 0.1) is 24.7 Å². The summed E-state index contributed by atoms with van der Waals surface area (Å²) < 4.78 is 36.4. The maximum absolute atomic E-state index is 11.9. The molecule has 0 aromatic heterocycles. The Morgan fingerprint density at radius 3 is 1.62 bits per heavy atom. The van der Waals surface area contributed by atoms with E-state index in [1.807, 2.05) is 0 Å². The minimum Gasteiger partial charge on any atom is -0.504 e. The zero-order valence-corrected chi connectivity index (χ0v) is 23.5. The van der Waals surface area contributed by atoms with Gasteiger partial charge in [-0.05, 0) is 77.4 Å². The van der Waals surface area contributed by atoms with E-state index in [0.717, 1.165) is 5.56 Å². The van der Waals surface area contributed by atoms with Gasteiger partial charge < -0.3 is 33.2 Å². The van der Waals surface area contributed by atoms with Crippen LogP contribution < -0.4 is 29.6 Å². The number of rotatable bonds is 5. The predicted octanol–water partition coefficient (Wildman–Crippen LogP) is 5.95. The highest BCUT2D eigenvalue weighted by atomic mass is 16.7. The number of carbonyl (C=O) groups is 3.